The van der Waals surface area contributed by atoms with E-state index in [1.165, 1.54) is 23.8 Å². The van der Waals surface area contributed by atoms with E-state index in [1.807, 2.05) is 6.07 Å². The van der Waals surface area contributed by atoms with Crippen molar-refractivity contribution in [3.8, 4) is 11.5 Å². The van der Waals surface area contributed by atoms with Crippen LogP contribution >= 0.6 is 11.3 Å². The van der Waals surface area contributed by atoms with Crippen LogP contribution in [0.2, 0.25) is 0 Å². The summed E-state index contributed by atoms with van der Waals surface area (Å²) in [6.07, 6.45) is 0. The SMILES string of the molecule is CC(=O)Nc1nnc(N2CCN(C(C)c3ccc4c(c3)OCCO4)CC2)s1. The standard InChI is InChI=1S/C18H23N5O3S/c1-12(14-3-4-15-16(11-14)26-10-9-25-15)22-5-7-23(8-6-22)18-21-20-17(27-18)19-13(2)24/h3-4,11-12H,5-10H2,1-2H3,(H,19,20,24). The highest BCUT2D eigenvalue weighted by molar-refractivity contribution is 7.19. The van der Waals surface area contributed by atoms with E-state index in [0.29, 0.717) is 24.4 Å². The molecule has 1 aromatic heterocycles. The topological polar surface area (TPSA) is 79.8 Å². The molecule has 2 aliphatic heterocycles. The summed E-state index contributed by atoms with van der Waals surface area (Å²) in [5, 5.41) is 12.3. The number of amides is 1. The van der Waals surface area contributed by atoms with Crippen molar-refractivity contribution in [1.29, 1.82) is 0 Å². The van der Waals surface area contributed by atoms with Gasteiger partial charge in [-0.2, -0.15) is 0 Å². The first-order valence-electron chi connectivity index (χ1n) is 9.10. The zero-order valence-corrected chi connectivity index (χ0v) is 16.3. The van der Waals surface area contributed by atoms with Gasteiger partial charge in [0.1, 0.15) is 13.2 Å². The number of aromatic nitrogens is 2. The first-order chi connectivity index (χ1) is 13.1. The summed E-state index contributed by atoms with van der Waals surface area (Å²) in [5.41, 5.74) is 1.23. The lowest BCUT2D eigenvalue weighted by Gasteiger charge is -2.38. The molecule has 8 nitrogen and oxygen atoms in total. The minimum Gasteiger partial charge on any atom is -0.486 e. The Kier molecular flexibility index (Phi) is 5.13. The van der Waals surface area contributed by atoms with Gasteiger partial charge in [0.05, 0.1) is 0 Å². The summed E-state index contributed by atoms with van der Waals surface area (Å²) in [6.45, 7) is 8.54. The molecule has 3 heterocycles. The number of hydrogen-bond acceptors (Lipinski definition) is 8. The third-order valence-corrected chi connectivity index (χ3v) is 5.78. The van der Waals surface area contributed by atoms with E-state index in [4.69, 9.17) is 9.47 Å². The minimum absolute atomic E-state index is 0.129. The maximum absolute atomic E-state index is 11.1. The van der Waals surface area contributed by atoms with E-state index < -0.39 is 0 Å². The quantitative estimate of drug-likeness (QED) is 0.858. The maximum Gasteiger partial charge on any atom is 0.223 e. The second-order valence-corrected chi connectivity index (χ2v) is 7.63. The molecule has 1 fully saturated rings. The van der Waals surface area contributed by atoms with Gasteiger partial charge in [-0.15, -0.1) is 10.2 Å². The molecule has 9 heteroatoms. The zero-order chi connectivity index (χ0) is 18.8. The van der Waals surface area contributed by atoms with Crippen LogP contribution in [-0.2, 0) is 4.79 Å². The number of ether oxygens (including phenoxy) is 2. The van der Waals surface area contributed by atoms with Crippen molar-refractivity contribution in [2.24, 2.45) is 0 Å². The molecule has 0 saturated carbocycles. The fraction of sp³-hybridized carbons (Fsp3) is 0.500. The summed E-state index contributed by atoms with van der Waals surface area (Å²) < 4.78 is 11.3. The number of nitrogens with zero attached hydrogens (tertiary/aromatic N) is 4. The summed E-state index contributed by atoms with van der Waals surface area (Å²) in [6, 6.07) is 6.51. The fourth-order valence-electron chi connectivity index (χ4n) is 3.38. The predicted molar refractivity (Wildman–Crippen MR) is 104 cm³/mol. The molecule has 27 heavy (non-hydrogen) atoms. The molecule has 1 atom stereocenters. The van der Waals surface area contributed by atoms with E-state index >= 15 is 0 Å². The number of anilines is 2. The smallest absolute Gasteiger partial charge is 0.223 e. The van der Waals surface area contributed by atoms with E-state index in [-0.39, 0.29) is 5.91 Å². The number of nitrogens with one attached hydrogen (secondary N) is 1. The molecule has 2 aliphatic rings. The van der Waals surface area contributed by atoms with Crippen molar-refractivity contribution < 1.29 is 14.3 Å². The highest BCUT2D eigenvalue weighted by Gasteiger charge is 2.25. The number of carbonyl (C=O) groups excluding carboxylic acids is 1. The molecule has 0 aliphatic carbocycles. The average Bonchev–Trinajstić information content (AvgIpc) is 3.15. The zero-order valence-electron chi connectivity index (χ0n) is 15.5. The van der Waals surface area contributed by atoms with Crippen LogP contribution in [0, 0.1) is 0 Å². The van der Waals surface area contributed by atoms with Crippen molar-refractivity contribution >= 4 is 27.5 Å². The largest absolute Gasteiger partial charge is 0.486 e. The van der Waals surface area contributed by atoms with Crippen LogP contribution < -0.4 is 19.7 Å². The van der Waals surface area contributed by atoms with Crippen molar-refractivity contribution in [2.45, 2.75) is 19.9 Å². The van der Waals surface area contributed by atoms with Gasteiger partial charge in [-0.1, -0.05) is 17.4 Å². The van der Waals surface area contributed by atoms with E-state index in [2.05, 4.69) is 44.4 Å². The van der Waals surface area contributed by atoms with Crippen molar-refractivity contribution in [1.82, 2.24) is 15.1 Å². The molecule has 2 aromatic rings. The van der Waals surface area contributed by atoms with Crippen LogP contribution in [0.1, 0.15) is 25.5 Å². The van der Waals surface area contributed by atoms with E-state index in [9.17, 15) is 4.79 Å². The van der Waals surface area contributed by atoms with E-state index in [0.717, 1.165) is 42.8 Å². The molecule has 4 rings (SSSR count). The van der Waals surface area contributed by atoms with Gasteiger partial charge >= 0.3 is 0 Å². The van der Waals surface area contributed by atoms with Gasteiger partial charge in [0.25, 0.3) is 0 Å². The highest BCUT2D eigenvalue weighted by Crippen LogP contribution is 2.34. The second-order valence-electron chi connectivity index (χ2n) is 6.67. The summed E-state index contributed by atoms with van der Waals surface area (Å²) in [7, 11) is 0. The molecule has 0 spiro atoms. The first-order valence-corrected chi connectivity index (χ1v) is 9.91. The van der Waals surface area contributed by atoms with Crippen molar-refractivity contribution in [3.63, 3.8) is 0 Å². The first kappa shape index (κ1) is 18.0. The Balaban J connectivity index is 1.37. The molecule has 0 bridgehead atoms. The molecule has 1 saturated heterocycles. The van der Waals surface area contributed by atoms with Crippen molar-refractivity contribution in [2.75, 3.05) is 49.6 Å². The lowest BCUT2D eigenvalue weighted by Crippen LogP contribution is -2.47. The number of rotatable bonds is 4. The third-order valence-electron chi connectivity index (χ3n) is 4.88. The second kappa shape index (κ2) is 7.69. The van der Waals surface area contributed by atoms with Crippen LogP contribution in [0.4, 0.5) is 10.3 Å². The van der Waals surface area contributed by atoms with Gasteiger partial charge < -0.3 is 19.7 Å². The van der Waals surface area contributed by atoms with Gasteiger partial charge in [0, 0.05) is 39.1 Å². The normalized spacial score (nSPS) is 18.2. The molecule has 1 aromatic carbocycles. The van der Waals surface area contributed by atoms with Crippen LogP contribution in [0.3, 0.4) is 0 Å². The molecule has 0 radical (unpaired) electrons. The van der Waals surface area contributed by atoms with Gasteiger partial charge in [0.15, 0.2) is 11.5 Å². The molecule has 144 valence electrons. The summed E-state index contributed by atoms with van der Waals surface area (Å²) >= 11 is 1.41. The Labute approximate surface area is 162 Å². The van der Waals surface area contributed by atoms with Gasteiger partial charge in [-0.05, 0) is 24.6 Å². The Morgan fingerprint density at radius 3 is 2.63 bits per heavy atom. The third kappa shape index (κ3) is 3.98. The molecular formula is C18H23N5O3S. The van der Waals surface area contributed by atoms with Crippen molar-refractivity contribution in [3.05, 3.63) is 23.8 Å². The van der Waals surface area contributed by atoms with Gasteiger partial charge in [0.2, 0.25) is 16.2 Å². The Morgan fingerprint density at radius 2 is 1.89 bits per heavy atom. The average molecular weight is 389 g/mol. The minimum atomic E-state index is -0.129. The van der Waals surface area contributed by atoms with E-state index in [1.54, 1.807) is 0 Å². The lowest BCUT2D eigenvalue weighted by molar-refractivity contribution is -0.114. The Bertz CT molecular complexity index is 819. The fourth-order valence-corrected chi connectivity index (χ4v) is 4.22. The Hall–Kier alpha value is -2.39. The van der Waals surface area contributed by atoms with Crippen LogP contribution in [0.15, 0.2) is 18.2 Å². The van der Waals surface area contributed by atoms with Crippen LogP contribution in [-0.4, -0.2) is 60.4 Å². The van der Waals surface area contributed by atoms with Crippen LogP contribution in [0.25, 0.3) is 0 Å². The monoisotopic (exact) mass is 389 g/mol. The van der Waals surface area contributed by atoms with Gasteiger partial charge in [-0.3, -0.25) is 9.69 Å². The number of piperazine rings is 1. The predicted octanol–water partition coefficient (Wildman–Crippen LogP) is 2.15. The maximum atomic E-state index is 11.1. The van der Waals surface area contributed by atoms with Crippen LogP contribution in [0.5, 0.6) is 11.5 Å². The number of carbonyl (C=O) groups is 1. The lowest BCUT2D eigenvalue weighted by atomic mass is 10.1. The summed E-state index contributed by atoms with van der Waals surface area (Å²) in [4.78, 5) is 15.8. The molecular weight excluding hydrogens is 366 g/mol. The number of fused-ring (bicyclic) bond motifs is 1. The molecule has 1 N–H and O–H groups in total. The summed E-state index contributed by atoms with van der Waals surface area (Å²) in [5.74, 6) is 1.53. The Morgan fingerprint density at radius 1 is 1.15 bits per heavy atom. The van der Waals surface area contributed by atoms with Gasteiger partial charge in [-0.25, -0.2) is 0 Å². The molecule has 1 unspecified atom stereocenters. The highest BCUT2D eigenvalue weighted by atomic mass is 32.1. The molecule has 1 amide bonds. The number of hydrogen-bond donors (Lipinski definition) is 1. The number of benzene rings is 1.